The van der Waals surface area contributed by atoms with Crippen molar-refractivity contribution in [2.24, 2.45) is 0 Å². The average molecular weight is 596 g/mol. The van der Waals surface area contributed by atoms with Gasteiger partial charge in [-0.1, -0.05) is 6.07 Å². The minimum atomic E-state index is 0.561. The SMILES string of the molecule is Clc1ccc2c3nc4nc(nc5[nH]c(nc6nc(nc([nH]3)c2[c]1[Ti])-c1ccccc1-6)c1ccccc51)-c1ccccc1-4. The number of nitrogens with one attached hydrogen (secondary N) is 2. The van der Waals surface area contributed by atoms with Gasteiger partial charge < -0.3 is 0 Å². The number of hydrogen-bond donors (Lipinski definition) is 2. The first kappa shape index (κ1) is 23.9. The van der Waals surface area contributed by atoms with Crippen molar-refractivity contribution in [3.8, 4) is 45.6 Å². The van der Waals surface area contributed by atoms with Crippen LogP contribution in [0.4, 0.5) is 0 Å². The van der Waals surface area contributed by atoms with Gasteiger partial charge in [-0.2, -0.15) is 0 Å². The molecule has 0 saturated carbocycles. The predicted molar refractivity (Wildman–Crippen MR) is 161 cm³/mol. The van der Waals surface area contributed by atoms with Crippen molar-refractivity contribution in [2.45, 2.75) is 0 Å². The van der Waals surface area contributed by atoms with Crippen LogP contribution in [0.5, 0.6) is 0 Å². The molecule has 8 bridgehead atoms. The molecule has 3 aromatic heterocycles. The van der Waals surface area contributed by atoms with E-state index in [4.69, 9.17) is 41.5 Å². The first-order chi connectivity index (χ1) is 20.6. The molecule has 10 heteroatoms. The molecule has 0 radical (unpaired) electrons. The van der Waals surface area contributed by atoms with Gasteiger partial charge >= 0.3 is 249 Å². The fraction of sp³-hybridized carbons (Fsp3) is 0. The van der Waals surface area contributed by atoms with Gasteiger partial charge in [-0.25, -0.2) is 0 Å². The Kier molecular flexibility index (Phi) is 5.05. The first-order valence-corrected chi connectivity index (χ1v) is 14.4. The molecular weight excluding hydrogens is 580 g/mol. The number of benzene rings is 4. The summed E-state index contributed by atoms with van der Waals surface area (Å²) in [4.78, 5) is 36.9. The molecule has 2 aliphatic rings. The van der Waals surface area contributed by atoms with Gasteiger partial charge in [-0.05, 0) is 0 Å². The molecule has 7 aromatic rings. The zero-order chi connectivity index (χ0) is 27.9. The number of nitrogens with zero attached hydrogens (tertiary/aromatic N) is 6. The van der Waals surface area contributed by atoms with Crippen LogP contribution in [-0.4, -0.2) is 39.9 Å². The molecule has 0 unspecified atom stereocenters. The van der Waals surface area contributed by atoms with Crippen LogP contribution < -0.4 is 3.87 Å². The van der Waals surface area contributed by atoms with E-state index in [0.29, 0.717) is 50.9 Å². The number of H-pyrrole nitrogens is 2. The van der Waals surface area contributed by atoms with Gasteiger partial charge in [0.15, 0.2) is 0 Å². The normalized spacial score (nSPS) is 12.0. The van der Waals surface area contributed by atoms with Crippen molar-refractivity contribution in [1.29, 1.82) is 0 Å². The third-order valence-corrected chi connectivity index (χ3v) is 9.04. The standard InChI is InChI=1S/C32H16ClN8.Ti/c33-16-13-14-23-24(15-16)32-40-30-22-12-6-5-11-21(22)28(38-30)36-26-18-8-2-1-7-17(18)25(34-26)35-27-19-9-3-4-10-20(19)29(37-27)39-31(23)41-32;/h1-14H,(H2,34,35,36,37,38,39,40,41);. The van der Waals surface area contributed by atoms with E-state index < -0.39 is 0 Å². The van der Waals surface area contributed by atoms with E-state index >= 15 is 0 Å². The van der Waals surface area contributed by atoms with Crippen molar-refractivity contribution < 1.29 is 20.4 Å². The second-order valence-electron chi connectivity index (χ2n) is 10.1. The third-order valence-electron chi connectivity index (χ3n) is 7.67. The number of aromatic nitrogens is 8. The Balaban J connectivity index is 1.52. The van der Waals surface area contributed by atoms with Crippen molar-refractivity contribution in [2.75, 3.05) is 0 Å². The summed E-state index contributed by atoms with van der Waals surface area (Å²) in [6.07, 6.45) is 0. The van der Waals surface area contributed by atoms with Gasteiger partial charge in [0.1, 0.15) is 0 Å². The van der Waals surface area contributed by atoms with Gasteiger partial charge in [0.2, 0.25) is 0 Å². The molecule has 2 N–H and O–H groups in total. The summed E-state index contributed by atoms with van der Waals surface area (Å²) in [5, 5.41) is 4.32. The summed E-state index contributed by atoms with van der Waals surface area (Å²) >= 11 is 8.59. The second-order valence-corrected chi connectivity index (χ2v) is 11.3. The Hall–Kier alpha value is -4.76. The summed E-state index contributed by atoms with van der Waals surface area (Å²) in [5.41, 5.74) is 6.22. The summed E-state index contributed by atoms with van der Waals surface area (Å²) in [7, 11) is 0. The zero-order valence-electron chi connectivity index (χ0n) is 21.6. The number of aromatic amines is 2. The van der Waals surface area contributed by atoms with E-state index in [-0.39, 0.29) is 0 Å². The van der Waals surface area contributed by atoms with Gasteiger partial charge in [-0.15, -0.1) is 0 Å². The van der Waals surface area contributed by atoms with Crippen LogP contribution in [-0.2, 0) is 20.4 Å². The van der Waals surface area contributed by atoms with Gasteiger partial charge in [0.25, 0.3) is 0 Å². The second kappa shape index (κ2) is 8.87. The van der Waals surface area contributed by atoms with Gasteiger partial charge in [0.05, 0.1) is 0 Å². The van der Waals surface area contributed by atoms with Crippen molar-refractivity contribution in [1.82, 2.24) is 39.9 Å². The van der Waals surface area contributed by atoms with Crippen molar-refractivity contribution in [3.05, 3.63) is 90.0 Å². The molecule has 42 heavy (non-hydrogen) atoms. The predicted octanol–water partition coefficient (Wildman–Crippen LogP) is 6.69. The average Bonchev–Trinajstić information content (AvgIpc) is 3.74. The Bertz CT molecular complexity index is 2460. The molecule has 5 heterocycles. The van der Waals surface area contributed by atoms with Crippen LogP contribution >= 0.6 is 11.6 Å². The molecule has 8 nitrogen and oxygen atoms in total. The van der Waals surface area contributed by atoms with E-state index in [2.05, 4.69) is 9.97 Å². The maximum atomic E-state index is 6.60. The molecule has 0 fully saturated rings. The molecule has 0 spiro atoms. The molecule has 2 aliphatic heterocycles. The number of halogens is 1. The zero-order valence-corrected chi connectivity index (χ0v) is 24.0. The van der Waals surface area contributed by atoms with E-state index in [1.165, 1.54) is 0 Å². The fourth-order valence-corrected chi connectivity index (χ4v) is 6.39. The fourth-order valence-electron chi connectivity index (χ4n) is 5.71. The topological polar surface area (TPSA) is 109 Å². The summed E-state index contributed by atoms with van der Waals surface area (Å²) in [6.45, 7) is 0. The molecular formula is C32H16ClN8Ti. The quantitative estimate of drug-likeness (QED) is 0.189. The molecule has 195 valence electrons. The summed E-state index contributed by atoms with van der Waals surface area (Å²) in [6, 6.07) is 27.9. The maximum absolute atomic E-state index is 6.60. The number of fused-ring (bicyclic) bond motifs is 20. The number of rotatable bonds is 0. The van der Waals surface area contributed by atoms with Crippen LogP contribution in [0.15, 0.2) is 84.9 Å². The van der Waals surface area contributed by atoms with Crippen molar-refractivity contribution in [3.63, 3.8) is 0 Å². The first-order valence-electron chi connectivity index (χ1n) is 13.3. The Morgan fingerprint density at radius 2 is 0.857 bits per heavy atom. The van der Waals surface area contributed by atoms with E-state index in [9.17, 15) is 0 Å². The van der Waals surface area contributed by atoms with Crippen molar-refractivity contribution >= 4 is 59.6 Å². The molecule has 4 aromatic carbocycles. The Morgan fingerprint density at radius 1 is 0.452 bits per heavy atom. The van der Waals surface area contributed by atoms with Gasteiger partial charge in [-0.3, -0.25) is 0 Å². The summed E-state index contributed by atoms with van der Waals surface area (Å²) in [5.74, 6) is 2.28. The van der Waals surface area contributed by atoms with E-state index in [0.717, 1.165) is 47.7 Å². The monoisotopic (exact) mass is 595 g/mol. The molecule has 0 saturated heterocycles. The van der Waals surface area contributed by atoms with Crippen LogP contribution in [0.1, 0.15) is 0 Å². The van der Waals surface area contributed by atoms with Crippen LogP contribution in [0.25, 0.3) is 89.7 Å². The van der Waals surface area contributed by atoms with Gasteiger partial charge in [0, 0.05) is 0 Å². The third kappa shape index (κ3) is 3.46. The molecule has 0 atom stereocenters. The Morgan fingerprint density at radius 3 is 1.36 bits per heavy atom. The molecule has 0 amide bonds. The number of hydrogen-bond acceptors (Lipinski definition) is 6. The van der Waals surface area contributed by atoms with Crippen LogP contribution in [0, 0.1) is 0 Å². The molecule has 0 aliphatic carbocycles. The molecule has 9 rings (SSSR count). The summed E-state index contributed by atoms with van der Waals surface area (Å²) < 4.78 is 0.908. The van der Waals surface area contributed by atoms with Crippen LogP contribution in [0.3, 0.4) is 0 Å². The van der Waals surface area contributed by atoms with Crippen LogP contribution in [0.2, 0.25) is 5.02 Å². The Labute approximate surface area is 254 Å². The minimum absolute atomic E-state index is 0.561. The van der Waals surface area contributed by atoms with E-state index in [1.807, 2.05) is 105 Å². The van der Waals surface area contributed by atoms with E-state index in [1.54, 1.807) is 0 Å².